The summed E-state index contributed by atoms with van der Waals surface area (Å²) in [6, 6.07) is 8.60. The van der Waals surface area contributed by atoms with Gasteiger partial charge in [-0.2, -0.15) is 0 Å². The first-order valence-electron chi connectivity index (χ1n) is 6.98. The minimum Gasteiger partial charge on any atom is -0.447 e. The van der Waals surface area contributed by atoms with Gasteiger partial charge in [-0.3, -0.25) is 4.90 Å². The van der Waals surface area contributed by atoms with Crippen molar-refractivity contribution in [3.05, 3.63) is 29.8 Å². The molecule has 0 spiro atoms. The van der Waals surface area contributed by atoms with Crippen molar-refractivity contribution in [1.82, 2.24) is 5.32 Å². The molecule has 4 nitrogen and oxygen atoms in total. The molecular formula is C15H18N2O2. The normalized spacial score (nSPS) is 36.3. The number of rotatable bonds is 2. The third-order valence-electron chi connectivity index (χ3n) is 4.87. The molecular weight excluding hydrogens is 240 g/mol. The Morgan fingerprint density at radius 1 is 1.37 bits per heavy atom. The summed E-state index contributed by atoms with van der Waals surface area (Å²) in [5, 5.41) is 3.46. The maximum absolute atomic E-state index is 11.7. The summed E-state index contributed by atoms with van der Waals surface area (Å²) in [6.45, 7) is 4.74. The zero-order chi connectivity index (χ0) is 13.0. The Kier molecular flexibility index (Phi) is 2.22. The van der Waals surface area contributed by atoms with Crippen LogP contribution in [0.4, 0.5) is 10.5 Å². The van der Waals surface area contributed by atoms with Crippen LogP contribution in [0.2, 0.25) is 0 Å². The second-order valence-corrected chi connectivity index (χ2v) is 6.03. The monoisotopic (exact) mass is 258 g/mol. The molecule has 0 bridgehead atoms. The molecule has 1 amide bonds. The predicted molar refractivity (Wildman–Crippen MR) is 72.4 cm³/mol. The van der Waals surface area contributed by atoms with E-state index in [2.05, 4.69) is 29.6 Å². The van der Waals surface area contributed by atoms with E-state index in [0.29, 0.717) is 12.0 Å². The molecule has 2 heterocycles. The van der Waals surface area contributed by atoms with Crippen LogP contribution in [0.25, 0.3) is 0 Å². The first-order chi connectivity index (χ1) is 9.21. The van der Waals surface area contributed by atoms with Crippen LogP contribution >= 0.6 is 0 Å². The largest absolute Gasteiger partial charge is 0.447 e. The van der Waals surface area contributed by atoms with Crippen molar-refractivity contribution in [2.45, 2.75) is 24.8 Å². The van der Waals surface area contributed by atoms with Crippen LogP contribution in [0.15, 0.2) is 24.3 Å². The molecule has 100 valence electrons. The van der Waals surface area contributed by atoms with Gasteiger partial charge in [-0.15, -0.1) is 0 Å². The summed E-state index contributed by atoms with van der Waals surface area (Å²) in [5.74, 6) is 0.814. The standard InChI is InChI=1S/C15H18N2O2/c1-10-8-19-14(18)17(10)13-4-2-11(3-5-13)15-6-12(15)7-16-9-15/h2-5,10,12,16H,6-9H2,1H3. The lowest BCUT2D eigenvalue weighted by atomic mass is 9.95. The van der Waals surface area contributed by atoms with Crippen molar-refractivity contribution in [3.63, 3.8) is 0 Å². The molecule has 1 N–H and O–H groups in total. The van der Waals surface area contributed by atoms with E-state index >= 15 is 0 Å². The van der Waals surface area contributed by atoms with Crippen LogP contribution in [0, 0.1) is 5.92 Å². The van der Waals surface area contributed by atoms with Crippen molar-refractivity contribution in [1.29, 1.82) is 0 Å². The maximum Gasteiger partial charge on any atom is 0.414 e. The minimum atomic E-state index is -0.231. The van der Waals surface area contributed by atoms with E-state index in [1.54, 1.807) is 4.90 Å². The highest BCUT2D eigenvalue weighted by molar-refractivity contribution is 5.90. The number of cyclic esters (lactones) is 1. The number of carbonyl (C=O) groups is 1. The Hall–Kier alpha value is -1.55. The average Bonchev–Trinajstić information content (AvgIpc) is 2.81. The first kappa shape index (κ1) is 11.3. The molecule has 1 aromatic rings. The number of ether oxygens (including phenoxy) is 1. The van der Waals surface area contributed by atoms with Crippen LogP contribution in [-0.4, -0.2) is 31.8 Å². The first-order valence-corrected chi connectivity index (χ1v) is 6.98. The van der Waals surface area contributed by atoms with Gasteiger partial charge in [0.15, 0.2) is 0 Å². The number of anilines is 1. The number of benzene rings is 1. The summed E-state index contributed by atoms with van der Waals surface area (Å²) in [7, 11) is 0. The Morgan fingerprint density at radius 2 is 2.16 bits per heavy atom. The minimum absolute atomic E-state index is 0.123. The molecule has 0 aromatic heterocycles. The summed E-state index contributed by atoms with van der Waals surface area (Å²) in [5.41, 5.74) is 2.74. The van der Waals surface area contributed by atoms with Crippen LogP contribution in [0.3, 0.4) is 0 Å². The van der Waals surface area contributed by atoms with E-state index in [1.807, 2.05) is 6.92 Å². The molecule has 4 heteroatoms. The van der Waals surface area contributed by atoms with Gasteiger partial charge in [0.25, 0.3) is 0 Å². The van der Waals surface area contributed by atoms with E-state index in [9.17, 15) is 4.79 Å². The van der Waals surface area contributed by atoms with Crippen LogP contribution < -0.4 is 10.2 Å². The zero-order valence-corrected chi connectivity index (χ0v) is 11.1. The molecule has 3 atom stereocenters. The van der Waals surface area contributed by atoms with Gasteiger partial charge in [-0.05, 0) is 43.5 Å². The third kappa shape index (κ3) is 1.53. The smallest absolute Gasteiger partial charge is 0.414 e. The van der Waals surface area contributed by atoms with Crippen molar-refractivity contribution in [3.8, 4) is 0 Å². The third-order valence-corrected chi connectivity index (χ3v) is 4.87. The Labute approximate surface area is 112 Å². The molecule has 3 unspecified atom stereocenters. The number of hydrogen-bond acceptors (Lipinski definition) is 3. The summed E-state index contributed by atoms with van der Waals surface area (Å²) in [4.78, 5) is 13.4. The summed E-state index contributed by atoms with van der Waals surface area (Å²) < 4.78 is 5.07. The average molecular weight is 258 g/mol. The van der Waals surface area contributed by atoms with Gasteiger partial charge in [0.2, 0.25) is 0 Å². The molecule has 3 fully saturated rings. The van der Waals surface area contributed by atoms with E-state index in [4.69, 9.17) is 4.74 Å². The molecule has 4 rings (SSSR count). The second kappa shape index (κ2) is 3.73. The Balaban J connectivity index is 1.61. The van der Waals surface area contributed by atoms with Crippen molar-refractivity contribution in [2.75, 3.05) is 24.6 Å². The number of amides is 1. The van der Waals surface area contributed by atoms with E-state index < -0.39 is 0 Å². The zero-order valence-electron chi connectivity index (χ0n) is 11.1. The summed E-state index contributed by atoms with van der Waals surface area (Å²) >= 11 is 0. The molecule has 0 radical (unpaired) electrons. The Bertz CT molecular complexity index is 527. The lowest BCUT2D eigenvalue weighted by Gasteiger charge is -2.19. The fourth-order valence-electron chi connectivity index (χ4n) is 3.62. The van der Waals surface area contributed by atoms with Gasteiger partial charge >= 0.3 is 6.09 Å². The SMILES string of the molecule is CC1COC(=O)N1c1ccc(C23CNCC2C3)cc1. The number of nitrogens with zero attached hydrogens (tertiary/aromatic N) is 1. The van der Waals surface area contributed by atoms with E-state index in [0.717, 1.165) is 24.7 Å². The highest BCUT2D eigenvalue weighted by Gasteiger charge is 2.57. The highest BCUT2D eigenvalue weighted by Crippen LogP contribution is 2.56. The number of hydrogen-bond donors (Lipinski definition) is 1. The highest BCUT2D eigenvalue weighted by atomic mass is 16.6. The van der Waals surface area contributed by atoms with Crippen LogP contribution in [0.5, 0.6) is 0 Å². The van der Waals surface area contributed by atoms with Crippen LogP contribution in [0.1, 0.15) is 18.9 Å². The number of carbonyl (C=O) groups excluding carboxylic acids is 1. The van der Waals surface area contributed by atoms with E-state index in [-0.39, 0.29) is 12.1 Å². The van der Waals surface area contributed by atoms with Gasteiger partial charge in [-0.1, -0.05) is 12.1 Å². The van der Waals surface area contributed by atoms with Crippen molar-refractivity contribution in [2.24, 2.45) is 5.92 Å². The van der Waals surface area contributed by atoms with Gasteiger partial charge in [-0.25, -0.2) is 4.79 Å². The van der Waals surface area contributed by atoms with Gasteiger partial charge < -0.3 is 10.1 Å². The van der Waals surface area contributed by atoms with Gasteiger partial charge in [0.1, 0.15) is 6.61 Å². The summed E-state index contributed by atoms with van der Waals surface area (Å²) in [6.07, 6.45) is 1.08. The molecule has 1 aromatic carbocycles. The Morgan fingerprint density at radius 3 is 2.68 bits per heavy atom. The van der Waals surface area contributed by atoms with Gasteiger partial charge in [0, 0.05) is 17.6 Å². The molecule has 2 saturated heterocycles. The van der Waals surface area contributed by atoms with Gasteiger partial charge in [0.05, 0.1) is 6.04 Å². The fourth-order valence-corrected chi connectivity index (χ4v) is 3.62. The predicted octanol–water partition coefficient (Wildman–Crippen LogP) is 1.89. The lowest BCUT2D eigenvalue weighted by molar-refractivity contribution is 0.179. The molecule has 1 saturated carbocycles. The van der Waals surface area contributed by atoms with Crippen molar-refractivity contribution >= 4 is 11.8 Å². The number of piperidine rings is 1. The fraction of sp³-hybridized carbons (Fsp3) is 0.533. The molecule has 1 aliphatic carbocycles. The lowest BCUT2D eigenvalue weighted by Crippen LogP contribution is -2.30. The molecule has 2 aliphatic heterocycles. The van der Waals surface area contributed by atoms with Crippen molar-refractivity contribution < 1.29 is 9.53 Å². The second-order valence-electron chi connectivity index (χ2n) is 6.03. The topological polar surface area (TPSA) is 41.6 Å². The number of nitrogens with one attached hydrogen (secondary N) is 1. The maximum atomic E-state index is 11.7. The molecule has 3 aliphatic rings. The van der Waals surface area contributed by atoms with Crippen LogP contribution in [-0.2, 0) is 10.2 Å². The number of fused-ring (bicyclic) bond motifs is 1. The van der Waals surface area contributed by atoms with E-state index in [1.165, 1.54) is 12.0 Å². The molecule has 19 heavy (non-hydrogen) atoms. The quantitative estimate of drug-likeness (QED) is 0.881.